The Kier molecular flexibility index (Phi) is 19.1. The van der Waals surface area contributed by atoms with E-state index >= 15 is 0 Å². The summed E-state index contributed by atoms with van der Waals surface area (Å²) in [5.41, 5.74) is 6.02. The van der Waals surface area contributed by atoms with Crippen molar-refractivity contribution < 1.29 is 9.59 Å². The summed E-state index contributed by atoms with van der Waals surface area (Å²) in [5.74, 6) is -0.0235. The number of carbonyl (C=O) groups is 2. The molecule has 0 aliphatic heterocycles. The first-order valence-electron chi connectivity index (χ1n) is 13.2. The largest absolute Gasteiger partial charge is 0.324 e. The molecule has 0 aromatic heterocycles. The Labute approximate surface area is 227 Å². The first-order chi connectivity index (χ1) is 17.1. The minimum Gasteiger partial charge on any atom is -0.324 e. The van der Waals surface area contributed by atoms with Crippen molar-refractivity contribution in [2.75, 3.05) is 44.9 Å². The van der Waals surface area contributed by atoms with E-state index in [9.17, 15) is 9.59 Å². The Balaban J connectivity index is 0. The van der Waals surface area contributed by atoms with Crippen LogP contribution >= 0.6 is 0 Å². The number of rotatable bonds is 10. The molecule has 0 heterocycles. The molecule has 0 aliphatic rings. The fourth-order valence-corrected chi connectivity index (χ4v) is 3.91. The SMILES string of the molecule is C.CC.CC.Cc1cccc(C)c1NC(=O)CN(C)CCC[C@H](C(=O)Nc1c(C)cccc1C)N(C)C. The van der Waals surface area contributed by atoms with Crippen LogP contribution in [0.1, 0.15) is 70.2 Å². The molecule has 2 amide bonds. The summed E-state index contributed by atoms with van der Waals surface area (Å²) in [6.07, 6.45) is 1.53. The van der Waals surface area contributed by atoms with E-state index in [0.717, 1.165) is 46.6 Å². The van der Waals surface area contributed by atoms with Gasteiger partial charge in [0.25, 0.3) is 0 Å². The normalized spacial score (nSPS) is 10.8. The number of nitrogens with zero attached hydrogens (tertiary/aromatic N) is 2. The van der Waals surface area contributed by atoms with Gasteiger partial charge in [0.15, 0.2) is 0 Å². The standard InChI is InChI=1S/C26H38N4O2.2C2H6.CH4/c1-18-11-8-12-19(2)24(18)27-23(31)17-30(7)16-10-15-22(29(5)6)26(32)28-25-20(3)13-9-14-21(25)4;2*1-2;/h8-9,11-14,22H,10,15-17H2,1-7H3,(H,27,31)(H,28,32);2*1-2H3;1H4/t22-;;;/m1.../s1. The van der Waals surface area contributed by atoms with Crippen molar-refractivity contribution in [1.82, 2.24) is 9.80 Å². The fraction of sp³-hybridized carbons (Fsp3) is 0.548. The molecule has 37 heavy (non-hydrogen) atoms. The van der Waals surface area contributed by atoms with E-state index in [1.807, 2.05) is 123 Å². The molecule has 0 radical (unpaired) electrons. The number of para-hydroxylation sites is 2. The van der Waals surface area contributed by atoms with E-state index in [2.05, 4.69) is 10.6 Å². The van der Waals surface area contributed by atoms with Crippen molar-refractivity contribution in [3.63, 3.8) is 0 Å². The Bertz CT molecular complexity index is 900. The van der Waals surface area contributed by atoms with Crippen LogP contribution in [0.15, 0.2) is 36.4 Å². The van der Waals surface area contributed by atoms with E-state index in [1.54, 1.807) is 0 Å². The zero-order chi connectivity index (χ0) is 27.8. The third kappa shape index (κ3) is 12.4. The van der Waals surface area contributed by atoms with Gasteiger partial charge in [-0.15, -0.1) is 0 Å². The Morgan fingerprint density at radius 1 is 0.757 bits per heavy atom. The number of benzene rings is 2. The van der Waals surface area contributed by atoms with Gasteiger partial charge in [0.1, 0.15) is 0 Å². The summed E-state index contributed by atoms with van der Waals surface area (Å²) < 4.78 is 0. The van der Waals surface area contributed by atoms with Crippen LogP contribution in [0.5, 0.6) is 0 Å². The van der Waals surface area contributed by atoms with Gasteiger partial charge < -0.3 is 10.6 Å². The van der Waals surface area contributed by atoms with Crippen LogP contribution in [-0.2, 0) is 9.59 Å². The number of nitrogens with one attached hydrogen (secondary N) is 2. The van der Waals surface area contributed by atoms with Gasteiger partial charge in [0.2, 0.25) is 11.8 Å². The third-order valence-corrected chi connectivity index (χ3v) is 5.83. The predicted molar refractivity (Wildman–Crippen MR) is 163 cm³/mol. The van der Waals surface area contributed by atoms with Gasteiger partial charge in [-0.05, 0) is 90.5 Å². The van der Waals surface area contributed by atoms with Crippen LogP contribution < -0.4 is 10.6 Å². The average molecular weight is 515 g/mol. The van der Waals surface area contributed by atoms with Crippen LogP contribution in [0.3, 0.4) is 0 Å². The average Bonchev–Trinajstić information content (AvgIpc) is 2.84. The molecule has 6 heteroatoms. The zero-order valence-corrected chi connectivity index (χ0v) is 24.6. The highest BCUT2D eigenvalue weighted by Gasteiger charge is 2.22. The molecule has 0 saturated heterocycles. The lowest BCUT2D eigenvalue weighted by Crippen LogP contribution is -2.40. The molecule has 0 aliphatic carbocycles. The quantitative estimate of drug-likeness (QED) is 0.365. The summed E-state index contributed by atoms with van der Waals surface area (Å²) in [4.78, 5) is 29.4. The molecule has 1 atom stereocenters. The number of hydrogen-bond donors (Lipinski definition) is 2. The smallest absolute Gasteiger partial charge is 0.241 e. The van der Waals surface area contributed by atoms with E-state index in [4.69, 9.17) is 0 Å². The molecule has 0 unspecified atom stereocenters. The molecule has 0 fully saturated rings. The number of likely N-dealkylation sites (N-methyl/N-ethyl adjacent to an activating group) is 2. The van der Waals surface area contributed by atoms with E-state index in [0.29, 0.717) is 13.0 Å². The lowest BCUT2D eigenvalue weighted by Gasteiger charge is -2.25. The van der Waals surface area contributed by atoms with Crippen molar-refractivity contribution in [3.8, 4) is 0 Å². The second-order valence-electron chi connectivity index (χ2n) is 8.93. The molecule has 2 aromatic carbocycles. The first kappa shape index (κ1) is 36.5. The molecule has 2 N–H and O–H groups in total. The van der Waals surface area contributed by atoms with Gasteiger partial charge in [-0.25, -0.2) is 0 Å². The zero-order valence-electron chi connectivity index (χ0n) is 24.6. The molecule has 210 valence electrons. The lowest BCUT2D eigenvalue weighted by molar-refractivity contribution is -0.121. The van der Waals surface area contributed by atoms with E-state index in [1.165, 1.54) is 0 Å². The minimum absolute atomic E-state index is 0. The second kappa shape index (κ2) is 19.4. The molecule has 0 spiro atoms. The van der Waals surface area contributed by atoms with Gasteiger partial charge in [0, 0.05) is 11.4 Å². The van der Waals surface area contributed by atoms with E-state index < -0.39 is 0 Å². The number of carbonyl (C=O) groups excluding carboxylic acids is 2. The first-order valence-corrected chi connectivity index (χ1v) is 13.2. The highest BCUT2D eigenvalue weighted by atomic mass is 16.2. The van der Waals surface area contributed by atoms with Crippen molar-refractivity contribution in [3.05, 3.63) is 58.7 Å². The van der Waals surface area contributed by atoms with Gasteiger partial charge >= 0.3 is 0 Å². The van der Waals surface area contributed by atoms with Gasteiger partial charge in [0.05, 0.1) is 12.6 Å². The van der Waals surface area contributed by atoms with E-state index in [-0.39, 0.29) is 25.3 Å². The van der Waals surface area contributed by atoms with Gasteiger partial charge in [-0.1, -0.05) is 71.5 Å². The Morgan fingerprint density at radius 3 is 1.57 bits per heavy atom. The fourth-order valence-electron chi connectivity index (χ4n) is 3.91. The summed E-state index contributed by atoms with van der Waals surface area (Å²) in [6, 6.07) is 11.8. The third-order valence-electron chi connectivity index (χ3n) is 5.83. The van der Waals surface area contributed by atoms with Gasteiger partial charge in [-0.2, -0.15) is 0 Å². The van der Waals surface area contributed by atoms with Crippen LogP contribution in [0, 0.1) is 27.7 Å². The Hall–Kier alpha value is -2.70. The summed E-state index contributed by atoms with van der Waals surface area (Å²) in [6.45, 7) is 17.1. The van der Waals surface area contributed by atoms with Crippen molar-refractivity contribution >= 4 is 23.2 Å². The number of amides is 2. The maximum atomic E-state index is 12.9. The topological polar surface area (TPSA) is 64.7 Å². The van der Waals surface area contributed by atoms with Crippen molar-refractivity contribution in [2.45, 2.75) is 81.7 Å². The second-order valence-corrected chi connectivity index (χ2v) is 8.93. The van der Waals surface area contributed by atoms with Crippen LogP contribution in [0.25, 0.3) is 0 Å². The highest BCUT2D eigenvalue weighted by molar-refractivity contribution is 5.96. The van der Waals surface area contributed by atoms with Crippen LogP contribution in [0.4, 0.5) is 11.4 Å². The van der Waals surface area contributed by atoms with Crippen molar-refractivity contribution in [2.24, 2.45) is 0 Å². The molecule has 0 bridgehead atoms. The molecule has 2 rings (SSSR count). The molecular formula is C31H54N4O2. The van der Waals surface area contributed by atoms with Crippen LogP contribution in [0.2, 0.25) is 0 Å². The number of hydrogen-bond acceptors (Lipinski definition) is 4. The molecular weight excluding hydrogens is 460 g/mol. The maximum absolute atomic E-state index is 12.9. The number of anilines is 2. The summed E-state index contributed by atoms with van der Waals surface area (Å²) in [7, 11) is 5.79. The lowest BCUT2D eigenvalue weighted by atomic mass is 10.1. The van der Waals surface area contributed by atoms with Crippen molar-refractivity contribution in [1.29, 1.82) is 0 Å². The maximum Gasteiger partial charge on any atom is 0.241 e. The minimum atomic E-state index is -0.231. The molecule has 2 aromatic rings. The summed E-state index contributed by atoms with van der Waals surface area (Å²) >= 11 is 0. The molecule has 6 nitrogen and oxygen atoms in total. The monoisotopic (exact) mass is 514 g/mol. The Morgan fingerprint density at radius 2 is 1.16 bits per heavy atom. The summed E-state index contributed by atoms with van der Waals surface area (Å²) in [5, 5.41) is 6.14. The predicted octanol–water partition coefficient (Wildman–Crippen LogP) is 6.83. The van der Waals surface area contributed by atoms with Gasteiger partial charge in [-0.3, -0.25) is 19.4 Å². The number of aryl methyl sites for hydroxylation is 4. The van der Waals surface area contributed by atoms with Crippen LogP contribution in [-0.4, -0.2) is 61.9 Å². The highest BCUT2D eigenvalue weighted by Crippen LogP contribution is 2.21. The molecule has 0 saturated carbocycles.